The lowest BCUT2D eigenvalue weighted by Gasteiger charge is -2.12. The van der Waals surface area contributed by atoms with Crippen LogP contribution in [-0.4, -0.2) is 32.3 Å². The highest BCUT2D eigenvalue weighted by molar-refractivity contribution is 5.94. The molecule has 1 N–H and O–H groups in total. The van der Waals surface area contributed by atoms with Crippen LogP contribution in [0.15, 0.2) is 24.3 Å². The van der Waals surface area contributed by atoms with Gasteiger partial charge >= 0.3 is 0 Å². The number of carbonyl (C=O) groups is 1. The molecule has 0 heterocycles. The standard InChI is InChI=1S/C13H19NO3/c1-4-17-12-7-5-11(6-8-12)13(15)14-10(2)9-16-3/h5-8,10H,4,9H2,1-3H3,(H,14,15)/t10-/m0/s1. The van der Waals surface area contributed by atoms with Crippen LogP contribution in [0.1, 0.15) is 24.2 Å². The summed E-state index contributed by atoms with van der Waals surface area (Å²) in [5.74, 6) is 0.673. The van der Waals surface area contributed by atoms with Crippen molar-refractivity contribution >= 4 is 5.91 Å². The number of hydrogen-bond donors (Lipinski definition) is 1. The third-order valence-electron chi connectivity index (χ3n) is 2.22. The Labute approximate surface area is 102 Å². The Balaban J connectivity index is 2.57. The molecule has 1 atom stereocenters. The second-order valence-corrected chi connectivity index (χ2v) is 3.79. The summed E-state index contributed by atoms with van der Waals surface area (Å²) in [5.41, 5.74) is 0.622. The van der Waals surface area contributed by atoms with Crippen molar-refractivity contribution in [2.45, 2.75) is 19.9 Å². The molecule has 0 saturated heterocycles. The Morgan fingerprint density at radius 2 is 2.00 bits per heavy atom. The molecule has 0 bridgehead atoms. The van der Waals surface area contributed by atoms with Gasteiger partial charge in [-0.25, -0.2) is 0 Å². The van der Waals surface area contributed by atoms with E-state index >= 15 is 0 Å². The number of ether oxygens (including phenoxy) is 2. The first-order valence-electron chi connectivity index (χ1n) is 5.70. The zero-order valence-corrected chi connectivity index (χ0v) is 10.5. The van der Waals surface area contributed by atoms with Crippen molar-refractivity contribution in [3.8, 4) is 5.75 Å². The van der Waals surface area contributed by atoms with Crippen LogP contribution in [0.3, 0.4) is 0 Å². The van der Waals surface area contributed by atoms with Gasteiger partial charge in [-0.15, -0.1) is 0 Å². The van der Waals surface area contributed by atoms with Gasteiger partial charge in [0.15, 0.2) is 0 Å². The van der Waals surface area contributed by atoms with Crippen LogP contribution in [-0.2, 0) is 4.74 Å². The third kappa shape index (κ3) is 4.44. The summed E-state index contributed by atoms with van der Waals surface area (Å²) in [6, 6.07) is 7.08. The maximum absolute atomic E-state index is 11.8. The molecule has 17 heavy (non-hydrogen) atoms. The van der Waals surface area contributed by atoms with Gasteiger partial charge < -0.3 is 14.8 Å². The van der Waals surface area contributed by atoms with E-state index < -0.39 is 0 Å². The fourth-order valence-corrected chi connectivity index (χ4v) is 1.47. The second-order valence-electron chi connectivity index (χ2n) is 3.79. The van der Waals surface area contributed by atoms with Gasteiger partial charge in [0.1, 0.15) is 5.75 Å². The monoisotopic (exact) mass is 237 g/mol. The van der Waals surface area contributed by atoms with Crippen molar-refractivity contribution < 1.29 is 14.3 Å². The fourth-order valence-electron chi connectivity index (χ4n) is 1.47. The number of carbonyl (C=O) groups excluding carboxylic acids is 1. The molecule has 0 aliphatic rings. The molecule has 4 heteroatoms. The van der Waals surface area contributed by atoms with E-state index in [4.69, 9.17) is 9.47 Å². The number of amides is 1. The van der Waals surface area contributed by atoms with Crippen LogP contribution < -0.4 is 10.1 Å². The molecule has 0 unspecified atom stereocenters. The lowest BCUT2D eigenvalue weighted by atomic mass is 10.2. The maximum Gasteiger partial charge on any atom is 0.251 e. The Bertz CT molecular complexity index is 348. The molecule has 1 aromatic carbocycles. The van der Waals surface area contributed by atoms with Crippen molar-refractivity contribution in [1.29, 1.82) is 0 Å². The van der Waals surface area contributed by atoms with E-state index in [-0.39, 0.29) is 11.9 Å². The van der Waals surface area contributed by atoms with Crippen LogP contribution in [0, 0.1) is 0 Å². The van der Waals surface area contributed by atoms with Crippen LogP contribution in [0.5, 0.6) is 5.75 Å². The summed E-state index contributed by atoms with van der Waals surface area (Å²) < 4.78 is 10.3. The van der Waals surface area contributed by atoms with Crippen molar-refractivity contribution in [2.24, 2.45) is 0 Å². The molecule has 94 valence electrons. The predicted octanol–water partition coefficient (Wildman–Crippen LogP) is 1.85. The van der Waals surface area contributed by atoms with E-state index in [2.05, 4.69) is 5.32 Å². The van der Waals surface area contributed by atoms with Gasteiger partial charge in [0.25, 0.3) is 5.91 Å². The molecule has 0 aliphatic carbocycles. The van der Waals surface area contributed by atoms with Crippen molar-refractivity contribution in [2.75, 3.05) is 20.3 Å². The van der Waals surface area contributed by atoms with Gasteiger partial charge in [-0.3, -0.25) is 4.79 Å². The van der Waals surface area contributed by atoms with E-state index in [9.17, 15) is 4.79 Å². The Morgan fingerprint density at radius 3 is 2.53 bits per heavy atom. The van der Waals surface area contributed by atoms with E-state index in [1.165, 1.54) is 0 Å². The Kier molecular flexibility index (Phi) is 5.49. The molecule has 0 saturated carbocycles. The largest absolute Gasteiger partial charge is 0.494 e. The number of methoxy groups -OCH3 is 1. The molecule has 0 aromatic heterocycles. The van der Waals surface area contributed by atoms with Gasteiger partial charge in [0.05, 0.1) is 13.2 Å². The Hall–Kier alpha value is -1.55. The minimum absolute atomic E-state index is 0.000863. The summed E-state index contributed by atoms with van der Waals surface area (Å²) in [6.07, 6.45) is 0. The smallest absolute Gasteiger partial charge is 0.251 e. The van der Waals surface area contributed by atoms with Gasteiger partial charge in [-0.05, 0) is 38.1 Å². The first kappa shape index (κ1) is 13.5. The second kappa shape index (κ2) is 6.91. The zero-order chi connectivity index (χ0) is 12.7. The number of rotatable bonds is 6. The zero-order valence-electron chi connectivity index (χ0n) is 10.5. The van der Waals surface area contributed by atoms with E-state index in [1.54, 1.807) is 31.4 Å². The highest BCUT2D eigenvalue weighted by Gasteiger charge is 2.09. The van der Waals surface area contributed by atoms with Gasteiger partial charge in [-0.1, -0.05) is 0 Å². The predicted molar refractivity (Wildman–Crippen MR) is 66.4 cm³/mol. The SMILES string of the molecule is CCOc1ccc(C(=O)N[C@@H](C)COC)cc1. The molecular weight excluding hydrogens is 218 g/mol. The van der Waals surface area contributed by atoms with Gasteiger partial charge in [-0.2, -0.15) is 0 Å². The topological polar surface area (TPSA) is 47.6 Å². The first-order valence-corrected chi connectivity index (χ1v) is 5.70. The lowest BCUT2D eigenvalue weighted by Crippen LogP contribution is -2.35. The molecule has 1 aromatic rings. The average molecular weight is 237 g/mol. The molecule has 0 spiro atoms. The van der Waals surface area contributed by atoms with E-state index in [0.29, 0.717) is 18.8 Å². The number of nitrogens with one attached hydrogen (secondary N) is 1. The maximum atomic E-state index is 11.8. The highest BCUT2D eigenvalue weighted by atomic mass is 16.5. The quantitative estimate of drug-likeness (QED) is 0.821. The first-order chi connectivity index (χ1) is 8.17. The molecule has 0 aliphatic heterocycles. The third-order valence-corrected chi connectivity index (χ3v) is 2.22. The summed E-state index contributed by atoms with van der Waals surface area (Å²) in [7, 11) is 1.61. The normalized spacial score (nSPS) is 11.9. The number of benzene rings is 1. The van der Waals surface area contributed by atoms with Gasteiger partial charge in [0.2, 0.25) is 0 Å². The molecule has 4 nitrogen and oxygen atoms in total. The summed E-state index contributed by atoms with van der Waals surface area (Å²) >= 11 is 0. The summed E-state index contributed by atoms with van der Waals surface area (Å²) in [6.45, 7) is 4.95. The van der Waals surface area contributed by atoms with Crippen LogP contribution in [0.2, 0.25) is 0 Å². The van der Waals surface area contributed by atoms with Gasteiger partial charge in [0, 0.05) is 18.7 Å². The molecular formula is C13H19NO3. The average Bonchev–Trinajstić information content (AvgIpc) is 2.30. The van der Waals surface area contributed by atoms with E-state index in [1.807, 2.05) is 13.8 Å². The minimum atomic E-state index is -0.0994. The molecule has 0 fully saturated rings. The Morgan fingerprint density at radius 1 is 1.35 bits per heavy atom. The summed E-state index contributed by atoms with van der Waals surface area (Å²) in [4.78, 5) is 11.8. The molecule has 1 amide bonds. The van der Waals surface area contributed by atoms with Crippen LogP contribution in [0.25, 0.3) is 0 Å². The van der Waals surface area contributed by atoms with Crippen molar-refractivity contribution in [3.05, 3.63) is 29.8 Å². The molecule has 1 rings (SSSR count). The number of hydrogen-bond acceptors (Lipinski definition) is 3. The van der Waals surface area contributed by atoms with Crippen molar-refractivity contribution in [3.63, 3.8) is 0 Å². The highest BCUT2D eigenvalue weighted by Crippen LogP contribution is 2.12. The fraction of sp³-hybridized carbons (Fsp3) is 0.462. The van der Waals surface area contributed by atoms with Crippen LogP contribution in [0.4, 0.5) is 0 Å². The van der Waals surface area contributed by atoms with Crippen molar-refractivity contribution in [1.82, 2.24) is 5.32 Å². The van der Waals surface area contributed by atoms with E-state index in [0.717, 1.165) is 5.75 Å². The summed E-state index contributed by atoms with van der Waals surface area (Å²) in [5, 5.41) is 2.84. The van der Waals surface area contributed by atoms with Crippen LogP contribution >= 0.6 is 0 Å². The molecule has 0 radical (unpaired) electrons. The lowest BCUT2D eigenvalue weighted by molar-refractivity contribution is 0.0905. The minimum Gasteiger partial charge on any atom is -0.494 e.